The van der Waals surface area contributed by atoms with E-state index >= 15 is 0 Å². The summed E-state index contributed by atoms with van der Waals surface area (Å²) in [6.45, 7) is 8.85. The Morgan fingerprint density at radius 1 is 1.21 bits per heavy atom. The van der Waals surface area contributed by atoms with Crippen LogP contribution in [0.4, 0.5) is 13.6 Å². The standard InChI is InChI=1S/C29H46F2N2O5/c1-18(2)5-8-23-28(3,38-23)26-25(36-4)21(9-11-29(26)17-37-29)22-13-19(10-12-32(22)16-24(30)31)6-7-20-14-33(15-20)27(34)35/h5,19-26H,6-17H2,1-4H3,(H,34,35)/t19?,21-,22?,23-,25+,26-,28+,29+/m1/s1. The largest absolute Gasteiger partial charge is 0.465 e. The van der Waals surface area contributed by atoms with Gasteiger partial charge in [0.25, 0.3) is 6.43 Å². The summed E-state index contributed by atoms with van der Waals surface area (Å²) >= 11 is 0. The second-order valence-corrected chi connectivity index (χ2v) is 13.0. The summed E-state index contributed by atoms with van der Waals surface area (Å²) in [4.78, 5) is 14.6. The van der Waals surface area contributed by atoms with Gasteiger partial charge in [-0.1, -0.05) is 11.6 Å². The zero-order valence-corrected chi connectivity index (χ0v) is 23.4. The van der Waals surface area contributed by atoms with Crippen LogP contribution in [0.2, 0.25) is 0 Å². The maximum Gasteiger partial charge on any atom is 0.407 e. The average molecular weight is 541 g/mol. The number of epoxide rings is 2. The topological polar surface area (TPSA) is 78.1 Å². The summed E-state index contributed by atoms with van der Waals surface area (Å²) in [7, 11) is 1.77. The number of nitrogens with zero attached hydrogens (tertiary/aromatic N) is 2. The van der Waals surface area contributed by atoms with E-state index in [4.69, 9.17) is 19.3 Å². The zero-order valence-electron chi connectivity index (χ0n) is 23.4. The number of hydrogen-bond acceptors (Lipinski definition) is 5. The molecule has 0 aromatic carbocycles. The Kier molecular flexibility index (Phi) is 8.13. The number of hydrogen-bond donors (Lipinski definition) is 1. The molecule has 0 bridgehead atoms. The summed E-state index contributed by atoms with van der Waals surface area (Å²) in [6.07, 6.45) is 5.62. The zero-order chi connectivity index (χ0) is 27.2. The van der Waals surface area contributed by atoms with E-state index in [0.717, 1.165) is 51.6 Å². The lowest BCUT2D eigenvalue weighted by molar-refractivity contribution is -0.116. The molecule has 0 aromatic rings. The third-order valence-electron chi connectivity index (χ3n) is 10.3. The van der Waals surface area contributed by atoms with Gasteiger partial charge in [-0.25, -0.2) is 13.6 Å². The molecule has 8 atom stereocenters. The highest BCUT2D eigenvalue weighted by molar-refractivity contribution is 5.65. The first kappa shape index (κ1) is 28.2. The van der Waals surface area contributed by atoms with Crippen molar-refractivity contribution in [2.24, 2.45) is 23.7 Å². The van der Waals surface area contributed by atoms with Gasteiger partial charge in [-0.2, -0.15) is 0 Å². The molecule has 5 fully saturated rings. The predicted molar refractivity (Wildman–Crippen MR) is 139 cm³/mol. The Morgan fingerprint density at radius 2 is 1.92 bits per heavy atom. The van der Waals surface area contributed by atoms with Crippen molar-refractivity contribution >= 4 is 6.09 Å². The number of rotatable bonds is 10. The highest BCUT2D eigenvalue weighted by Gasteiger charge is 2.72. The second kappa shape index (κ2) is 10.9. The van der Waals surface area contributed by atoms with Crippen LogP contribution in [0.15, 0.2) is 11.6 Å². The molecule has 5 aliphatic rings. The Labute approximate surface area is 225 Å². The van der Waals surface area contributed by atoms with Crippen molar-refractivity contribution in [3.63, 3.8) is 0 Å². The van der Waals surface area contributed by atoms with E-state index in [9.17, 15) is 13.6 Å². The average Bonchev–Trinajstić information content (AvgIpc) is 3.74. The van der Waals surface area contributed by atoms with Gasteiger partial charge in [-0.05, 0) is 84.1 Å². The minimum absolute atomic E-state index is 0.0433. The van der Waals surface area contributed by atoms with E-state index < -0.39 is 12.5 Å². The van der Waals surface area contributed by atoms with E-state index in [1.54, 1.807) is 7.11 Å². The lowest BCUT2D eigenvalue weighted by atomic mass is 9.62. The molecule has 4 aliphatic heterocycles. The van der Waals surface area contributed by atoms with Gasteiger partial charge in [0.2, 0.25) is 0 Å². The van der Waals surface area contributed by atoms with Crippen molar-refractivity contribution in [3.05, 3.63) is 11.6 Å². The second-order valence-electron chi connectivity index (χ2n) is 13.0. The predicted octanol–water partition coefficient (Wildman–Crippen LogP) is 5.05. The number of amides is 1. The van der Waals surface area contributed by atoms with E-state index in [-0.39, 0.29) is 47.8 Å². The molecule has 216 valence electrons. The van der Waals surface area contributed by atoms with Crippen molar-refractivity contribution in [1.82, 2.24) is 9.80 Å². The highest BCUT2D eigenvalue weighted by atomic mass is 19.3. The van der Waals surface area contributed by atoms with Crippen molar-refractivity contribution in [2.75, 3.05) is 39.9 Å². The molecular weight excluding hydrogens is 494 g/mol. The van der Waals surface area contributed by atoms with Crippen LogP contribution in [0.1, 0.15) is 65.7 Å². The number of halogens is 2. The van der Waals surface area contributed by atoms with Gasteiger partial charge in [-0.3, -0.25) is 4.90 Å². The van der Waals surface area contributed by atoms with Crippen LogP contribution in [-0.4, -0.2) is 96.8 Å². The summed E-state index contributed by atoms with van der Waals surface area (Å²) in [6, 6.07) is 0.0433. The molecule has 9 heteroatoms. The van der Waals surface area contributed by atoms with Gasteiger partial charge >= 0.3 is 6.09 Å². The number of allylic oxidation sites excluding steroid dienone is 1. The molecule has 38 heavy (non-hydrogen) atoms. The van der Waals surface area contributed by atoms with E-state index in [1.165, 1.54) is 10.5 Å². The summed E-state index contributed by atoms with van der Waals surface area (Å²) in [5.41, 5.74) is 0.732. The molecule has 4 heterocycles. The van der Waals surface area contributed by atoms with Crippen LogP contribution in [0.25, 0.3) is 0 Å². The molecule has 5 rings (SSSR count). The smallest absolute Gasteiger partial charge is 0.407 e. The number of ether oxygens (including phenoxy) is 3. The van der Waals surface area contributed by atoms with Gasteiger partial charge < -0.3 is 24.2 Å². The molecule has 2 unspecified atom stereocenters. The van der Waals surface area contributed by atoms with Gasteiger partial charge in [0, 0.05) is 38.1 Å². The van der Waals surface area contributed by atoms with Gasteiger partial charge in [0.1, 0.15) is 5.60 Å². The number of carbonyl (C=O) groups is 1. The monoisotopic (exact) mass is 540 g/mol. The number of piperidine rings is 1. The summed E-state index contributed by atoms with van der Waals surface area (Å²) in [5.74, 6) is 1.12. The van der Waals surface area contributed by atoms with Crippen LogP contribution in [0.5, 0.6) is 0 Å². The van der Waals surface area contributed by atoms with Crippen molar-refractivity contribution in [1.29, 1.82) is 0 Å². The molecule has 1 saturated carbocycles. The highest BCUT2D eigenvalue weighted by Crippen LogP contribution is 2.61. The Balaban J connectivity index is 1.29. The van der Waals surface area contributed by atoms with Gasteiger partial charge in [0.15, 0.2) is 0 Å². The van der Waals surface area contributed by atoms with Crippen LogP contribution in [0.3, 0.4) is 0 Å². The molecule has 4 saturated heterocycles. The van der Waals surface area contributed by atoms with Crippen molar-refractivity contribution < 1.29 is 32.9 Å². The Morgan fingerprint density at radius 3 is 2.53 bits per heavy atom. The molecular formula is C29H46F2N2O5. The fraction of sp³-hybridized carbons (Fsp3) is 0.897. The maximum atomic E-state index is 13.7. The maximum absolute atomic E-state index is 13.7. The minimum Gasteiger partial charge on any atom is -0.465 e. The number of likely N-dealkylation sites (tertiary alicyclic amines) is 2. The molecule has 1 aliphatic carbocycles. The van der Waals surface area contributed by atoms with E-state index in [2.05, 4.69) is 26.8 Å². The van der Waals surface area contributed by atoms with Gasteiger partial charge in [0.05, 0.1) is 31.0 Å². The molecule has 0 radical (unpaired) electrons. The van der Waals surface area contributed by atoms with E-state index in [0.29, 0.717) is 31.5 Å². The molecule has 7 nitrogen and oxygen atoms in total. The third-order valence-corrected chi connectivity index (χ3v) is 10.3. The Hall–Kier alpha value is -1.29. The third kappa shape index (κ3) is 5.63. The minimum atomic E-state index is -2.36. The van der Waals surface area contributed by atoms with Crippen LogP contribution in [0, 0.1) is 23.7 Å². The van der Waals surface area contributed by atoms with Crippen molar-refractivity contribution in [3.8, 4) is 0 Å². The Bertz CT molecular complexity index is 888. The fourth-order valence-corrected chi connectivity index (χ4v) is 8.05. The lowest BCUT2D eigenvalue weighted by Crippen LogP contribution is -2.59. The first-order valence-corrected chi connectivity index (χ1v) is 14.5. The lowest BCUT2D eigenvalue weighted by Gasteiger charge is -2.51. The van der Waals surface area contributed by atoms with Gasteiger partial charge in [-0.15, -0.1) is 0 Å². The first-order chi connectivity index (χ1) is 18.1. The van der Waals surface area contributed by atoms with E-state index in [1.807, 2.05) is 4.90 Å². The van der Waals surface area contributed by atoms with Crippen LogP contribution in [-0.2, 0) is 14.2 Å². The summed E-state index contributed by atoms with van der Waals surface area (Å²) < 4.78 is 46.2. The van der Waals surface area contributed by atoms with Crippen LogP contribution >= 0.6 is 0 Å². The first-order valence-electron chi connectivity index (χ1n) is 14.5. The summed E-state index contributed by atoms with van der Waals surface area (Å²) in [5, 5.41) is 9.12. The molecule has 1 amide bonds. The fourth-order valence-electron chi connectivity index (χ4n) is 8.05. The number of alkyl halides is 2. The number of methoxy groups -OCH3 is 1. The molecule has 1 N–H and O–H groups in total. The quantitative estimate of drug-likeness (QED) is 0.309. The SMILES string of the molecule is CO[C@H]1[C@@H](C2CC(CCC3CN(C(=O)O)C3)CCN2CC(F)F)CC[C@]2(CO2)[C@H]1[C@@]1(C)O[C@@H]1CC=C(C)C. The normalized spacial score (nSPS) is 41.3. The van der Waals surface area contributed by atoms with Crippen molar-refractivity contribution in [2.45, 2.75) is 102 Å². The van der Waals surface area contributed by atoms with Crippen LogP contribution < -0.4 is 0 Å². The number of carboxylic acid groups (broad SMARTS) is 1. The molecule has 0 aromatic heterocycles. The molecule has 1 spiro atoms.